The van der Waals surface area contributed by atoms with E-state index in [9.17, 15) is 13.2 Å². The molecular weight excluding hydrogens is 368 g/mol. The smallest absolute Gasteiger partial charge is 0.314 e. The molecule has 1 aromatic heterocycles. The summed E-state index contributed by atoms with van der Waals surface area (Å²) in [6, 6.07) is 7.12. The van der Waals surface area contributed by atoms with Gasteiger partial charge in [-0.2, -0.15) is 13.2 Å². The van der Waals surface area contributed by atoms with E-state index in [4.69, 9.17) is 0 Å². The summed E-state index contributed by atoms with van der Waals surface area (Å²) in [5, 5.41) is 6.04. The summed E-state index contributed by atoms with van der Waals surface area (Å²) in [6.45, 7) is 2.81. The number of rotatable bonds is 3. The monoisotopic (exact) mass is 386 g/mol. The predicted octanol–water partition coefficient (Wildman–Crippen LogP) is 4.64. The molecule has 1 fully saturated rings. The fraction of sp³-hybridized carbons (Fsp3) is 0.467. The molecular formula is C15H19Cl2F3N2S. The van der Waals surface area contributed by atoms with Crippen LogP contribution in [0.15, 0.2) is 29.6 Å². The Kier molecular flexibility index (Phi) is 7.61. The lowest BCUT2D eigenvalue weighted by atomic mass is 10.00. The molecule has 1 aliphatic heterocycles. The van der Waals surface area contributed by atoms with E-state index in [0.717, 1.165) is 28.7 Å². The fourth-order valence-electron chi connectivity index (χ4n) is 2.91. The number of fused-ring (bicyclic) bond motifs is 1. The van der Waals surface area contributed by atoms with Crippen LogP contribution in [-0.4, -0.2) is 37.3 Å². The quantitative estimate of drug-likeness (QED) is 0.825. The first-order valence-corrected chi connectivity index (χ1v) is 7.90. The Balaban J connectivity index is 0.00000132. The minimum absolute atomic E-state index is 0. The van der Waals surface area contributed by atoms with Crippen LogP contribution in [-0.2, 0) is 0 Å². The lowest BCUT2D eigenvalue weighted by molar-refractivity contribution is -0.148. The van der Waals surface area contributed by atoms with Gasteiger partial charge >= 0.3 is 6.18 Å². The van der Waals surface area contributed by atoms with Crippen LogP contribution in [0.3, 0.4) is 0 Å². The molecule has 1 N–H and O–H groups in total. The summed E-state index contributed by atoms with van der Waals surface area (Å²) in [5.74, 6) is 0. The van der Waals surface area contributed by atoms with Gasteiger partial charge in [0, 0.05) is 36.9 Å². The second-order valence-electron chi connectivity index (χ2n) is 5.31. The molecule has 2 nitrogen and oxygen atoms in total. The molecule has 0 aliphatic carbocycles. The highest BCUT2D eigenvalue weighted by Gasteiger charge is 2.36. The molecule has 1 atom stereocenters. The summed E-state index contributed by atoms with van der Waals surface area (Å²) >= 11 is 1.52. The molecule has 0 saturated carbocycles. The molecule has 2 aromatic rings. The van der Waals surface area contributed by atoms with Crippen molar-refractivity contribution >= 4 is 46.2 Å². The van der Waals surface area contributed by atoms with Crippen LogP contribution < -0.4 is 5.32 Å². The number of nitrogens with one attached hydrogen (secondary N) is 1. The van der Waals surface area contributed by atoms with E-state index in [-0.39, 0.29) is 24.8 Å². The van der Waals surface area contributed by atoms with E-state index in [1.165, 1.54) is 11.3 Å². The first kappa shape index (κ1) is 20.5. The number of hydrogen-bond acceptors (Lipinski definition) is 3. The number of hydrogen-bond donors (Lipinski definition) is 1. The summed E-state index contributed by atoms with van der Waals surface area (Å²) in [4.78, 5) is 1.96. The molecule has 130 valence electrons. The normalized spacial score (nSPS) is 17.3. The maximum Gasteiger partial charge on any atom is 0.390 e. The first-order chi connectivity index (χ1) is 10.0. The second-order valence-corrected chi connectivity index (χ2v) is 6.22. The zero-order valence-corrected chi connectivity index (χ0v) is 14.8. The summed E-state index contributed by atoms with van der Waals surface area (Å²) in [6.07, 6.45) is -4.94. The molecule has 8 heteroatoms. The van der Waals surface area contributed by atoms with Crippen LogP contribution in [0.1, 0.15) is 18.0 Å². The molecule has 0 amide bonds. The van der Waals surface area contributed by atoms with Crippen LogP contribution in [0.5, 0.6) is 0 Å². The van der Waals surface area contributed by atoms with Crippen molar-refractivity contribution in [2.75, 3.05) is 26.2 Å². The van der Waals surface area contributed by atoms with Gasteiger partial charge in [-0.1, -0.05) is 18.2 Å². The van der Waals surface area contributed by atoms with E-state index in [0.29, 0.717) is 13.1 Å². The highest BCUT2D eigenvalue weighted by atomic mass is 35.5. The SMILES string of the molecule is Cl.Cl.FC(F)(F)C[C@@H](c1csc2ccccc12)N1CCNCC1. The Morgan fingerprint density at radius 1 is 1.13 bits per heavy atom. The Bertz CT molecular complexity index is 612. The molecule has 1 saturated heterocycles. The van der Waals surface area contributed by atoms with Gasteiger partial charge < -0.3 is 5.32 Å². The van der Waals surface area contributed by atoms with Crippen molar-refractivity contribution in [1.82, 2.24) is 10.2 Å². The van der Waals surface area contributed by atoms with Gasteiger partial charge in [0.05, 0.1) is 6.42 Å². The molecule has 0 radical (unpaired) electrons. The number of halogens is 5. The van der Waals surface area contributed by atoms with E-state index in [2.05, 4.69) is 5.32 Å². The van der Waals surface area contributed by atoms with Gasteiger partial charge in [-0.25, -0.2) is 0 Å². The molecule has 0 spiro atoms. The standard InChI is InChI=1S/C15H17F3N2S.2ClH/c16-15(17,18)9-13(20-7-5-19-6-8-20)12-10-21-14-4-2-1-3-11(12)14;;/h1-4,10,13,19H,5-9H2;2*1H/t13-;;/m0../s1. The number of benzene rings is 1. The minimum atomic E-state index is -4.15. The lowest BCUT2D eigenvalue weighted by Crippen LogP contribution is -2.46. The second kappa shape index (κ2) is 8.53. The highest BCUT2D eigenvalue weighted by molar-refractivity contribution is 7.17. The highest BCUT2D eigenvalue weighted by Crippen LogP contribution is 2.39. The molecule has 0 unspecified atom stereocenters. The van der Waals surface area contributed by atoms with Crippen LogP contribution in [0.2, 0.25) is 0 Å². The van der Waals surface area contributed by atoms with E-state index >= 15 is 0 Å². The van der Waals surface area contributed by atoms with Gasteiger partial charge in [0.1, 0.15) is 0 Å². The fourth-order valence-corrected chi connectivity index (χ4v) is 3.91. The molecule has 1 aliphatic rings. The lowest BCUT2D eigenvalue weighted by Gasteiger charge is -2.35. The molecule has 23 heavy (non-hydrogen) atoms. The van der Waals surface area contributed by atoms with Crippen molar-refractivity contribution in [2.45, 2.75) is 18.6 Å². The first-order valence-electron chi connectivity index (χ1n) is 7.02. The Hall–Kier alpha value is -0.530. The largest absolute Gasteiger partial charge is 0.390 e. The van der Waals surface area contributed by atoms with Crippen LogP contribution in [0.4, 0.5) is 13.2 Å². The van der Waals surface area contributed by atoms with Crippen molar-refractivity contribution in [3.05, 3.63) is 35.2 Å². The number of alkyl halides is 3. The maximum absolute atomic E-state index is 13.0. The topological polar surface area (TPSA) is 15.3 Å². The van der Waals surface area contributed by atoms with Crippen LogP contribution in [0.25, 0.3) is 10.1 Å². The molecule has 0 bridgehead atoms. The third kappa shape index (κ3) is 4.97. The van der Waals surface area contributed by atoms with Crippen molar-refractivity contribution < 1.29 is 13.2 Å². The van der Waals surface area contributed by atoms with Gasteiger partial charge in [-0.05, 0) is 22.4 Å². The van der Waals surface area contributed by atoms with Gasteiger partial charge in [-0.3, -0.25) is 4.90 Å². The zero-order valence-electron chi connectivity index (χ0n) is 12.3. The average Bonchev–Trinajstić information content (AvgIpc) is 2.89. The summed E-state index contributed by atoms with van der Waals surface area (Å²) in [7, 11) is 0. The number of nitrogens with zero attached hydrogens (tertiary/aromatic N) is 1. The van der Waals surface area contributed by atoms with E-state index in [1.807, 2.05) is 34.5 Å². The maximum atomic E-state index is 13.0. The van der Waals surface area contributed by atoms with Crippen molar-refractivity contribution in [3.63, 3.8) is 0 Å². The summed E-state index contributed by atoms with van der Waals surface area (Å²) in [5.41, 5.74) is 0.815. The number of thiophene rings is 1. The Morgan fingerprint density at radius 3 is 2.43 bits per heavy atom. The van der Waals surface area contributed by atoms with Gasteiger partial charge in [-0.15, -0.1) is 36.2 Å². The van der Waals surface area contributed by atoms with Crippen molar-refractivity contribution in [1.29, 1.82) is 0 Å². The van der Waals surface area contributed by atoms with E-state index < -0.39 is 18.6 Å². The van der Waals surface area contributed by atoms with Gasteiger partial charge in [0.25, 0.3) is 0 Å². The van der Waals surface area contributed by atoms with Crippen molar-refractivity contribution in [2.24, 2.45) is 0 Å². The van der Waals surface area contributed by atoms with Crippen molar-refractivity contribution in [3.8, 4) is 0 Å². The molecule has 2 heterocycles. The molecule has 1 aromatic carbocycles. The average molecular weight is 387 g/mol. The van der Waals surface area contributed by atoms with E-state index in [1.54, 1.807) is 0 Å². The van der Waals surface area contributed by atoms with Gasteiger partial charge in [0.15, 0.2) is 0 Å². The zero-order chi connectivity index (χ0) is 14.9. The Labute approximate surface area is 149 Å². The third-order valence-electron chi connectivity index (χ3n) is 3.89. The van der Waals surface area contributed by atoms with Gasteiger partial charge in [0.2, 0.25) is 0 Å². The molecule has 3 rings (SSSR count). The Morgan fingerprint density at radius 2 is 1.78 bits per heavy atom. The van der Waals surface area contributed by atoms with Crippen LogP contribution >= 0.6 is 36.2 Å². The minimum Gasteiger partial charge on any atom is -0.314 e. The third-order valence-corrected chi connectivity index (χ3v) is 4.87. The summed E-state index contributed by atoms with van der Waals surface area (Å²) < 4.78 is 40.1. The number of piperazine rings is 1. The predicted molar refractivity (Wildman–Crippen MR) is 94.2 cm³/mol. The van der Waals surface area contributed by atoms with Crippen LogP contribution in [0, 0.1) is 0 Å².